The summed E-state index contributed by atoms with van der Waals surface area (Å²) in [5.74, 6) is -0.382. The summed E-state index contributed by atoms with van der Waals surface area (Å²) in [6, 6.07) is 15.4. The van der Waals surface area contributed by atoms with Gasteiger partial charge in [0, 0.05) is 24.7 Å². The van der Waals surface area contributed by atoms with Crippen LogP contribution in [0.5, 0.6) is 0 Å². The Morgan fingerprint density at radius 2 is 1.75 bits per heavy atom. The number of fused-ring (bicyclic) bond motifs is 1. The topological polar surface area (TPSA) is 49.4 Å². The third kappa shape index (κ3) is 4.15. The fourth-order valence-electron chi connectivity index (χ4n) is 2.82. The monoisotopic (exact) mass is 342 g/mol. The molecule has 4 nitrogen and oxygen atoms in total. The van der Waals surface area contributed by atoms with Gasteiger partial charge in [0.25, 0.3) is 0 Å². The molecule has 0 atom stereocenters. The van der Waals surface area contributed by atoms with Gasteiger partial charge in [-0.15, -0.1) is 0 Å². The highest BCUT2D eigenvalue weighted by Gasteiger charge is 2.22. The molecular formula is C19H19ClN2O2. The molecule has 1 aliphatic heterocycles. The lowest BCUT2D eigenvalue weighted by molar-refractivity contribution is -0.136. The molecule has 0 fully saturated rings. The van der Waals surface area contributed by atoms with E-state index in [-0.39, 0.29) is 18.2 Å². The molecule has 0 bridgehead atoms. The number of halogens is 1. The van der Waals surface area contributed by atoms with E-state index in [4.69, 9.17) is 11.6 Å². The normalized spacial score (nSPS) is 13.3. The van der Waals surface area contributed by atoms with Crippen LogP contribution < -0.4 is 5.32 Å². The van der Waals surface area contributed by atoms with Crippen LogP contribution in [0.15, 0.2) is 48.5 Å². The van der Waals surface area contributed by atoms with Gasteiger partial charge in [-0.3, -0.25) is 9.59 Å². The molecule has 0 saturated carbocycles. The Morgan fingerprint density at radius 1 is 1.04 bits per heavy atom. The maximum atomic E-state index is 12.3. The third-order valence-corrected chi connectivity index (χ3v) is 4.45. The van der Waals surface area contributed by atoms with Crippen LogP contribution in [0.1, 0.15) is 23.1 Å². The zero-order chi connectivity index (χ0) is 16.9. The van der Waals surface area contributed by atoms with Crippen LogP contribution in [0.2, 0.25) is 5.02 Å². The van der Waals surface area contributed by atoms with Crippen LogP contribution in [0, 0.1) is 0 Å². The minimum absolute atomic E-state index is 0.115. The van der Waals surface area contributed by atoms with Crippen molar-refractivity contribution >= 4 is 23.4 Å². The van der Waals surface area contributed by atoms with Crippen molar-refractivity contribution in [2.24, 2.45) is 0 Å². The molecule has 0 unspecified atom stereocenters. The lowest BCUT2D eigenvalue weighted by Crippen LogP contribution is -2.38. The molecule has 0 radical (unpaired) electrons. The first kappa shape index (κ1) is 16.5. The molecule has 5 heteroatoms. The van der Waals surface area contributed by atoms with Gasteiger partial charge >= 0.3 is 0 Å². The zero-order valence-electron chi connectivity index (χ0n) is 13.3. The number of amides is 2. The molecule has 2 aromatic rings. The summed E-state index contributed by atoms with van der Waals surface area (Å²) >= 11 is 5.83. The quantitative estimate of drug-likeness (QED) is 0.868. The second-order valence-corrected chi connectivity index (χ2v) is 6.35. The molecule has 3 rings (SSSR count). The number of hydrogen-bond acceptors (Lipinski definition) is 2. The maximum Gasteiger partial charge on any atom is 0.232 e. The van der Waals surface area contributed by atoms with Gasteiger partial charge in [0.15, 0.2) is 0 Å². The summed E-state index contributed by atoms with van der Waals surface area (Å²) in [6.45, 7) is 1.64. The molecule has 1 aliphatic rings. The highest BCUT2D eigenvalue weighted by atomic mass is 35.5. The highest BCUT2D eigenvalue weighted by Crippen LogP contribution is 2.19. The van der Waals surface area contributed by atoms with Gasteiger partial charge in [-0.2, -0.15) is 0 Å². The van der Waals surface area contributed by atoms with Crippen molar-refractivity contribution in [3.05, 3.63) is 70.2 Å². The summed E-state index contributed by atoms with van der Waals surface area (Å²) in [6.07, 6.45) is 0.726. The molecule has 2 amide bonds. The van der Waals surface area contributed by atoms with Crippen molar-refractivity contribution in [2.45, 2.75) is 25.9 Å². The van der Waals surface area contributed by atoms with Crippen molar-refractivity contribution in [3.63, 3.8) is 0 Å². The fraction of sp³-hybridized carbons (Fsp3) is 0.263. The Kier molecular flexibility index (Phi) is 5.16. The summed E-state index contributed by atoms with van der Waals surface area (Å²) in [5.41, 5.74) is 3.40. The molecule has 0 aromatic heterocycles. The summed E-state index contributed by atoms with van der Waals surface area (Å²) in [5, 5.41) is 3.44. The molecule has 124 valence electrons. The Hall–Kier alpha value is -2.33. The first-order chi connectivity index (χ1) is 11.6. The molecule has 1 heterocycles. The van der Waals surface area contributed by atoms with E-state index in [9.17, 15) is 9.59 Å². The van der Waals surface area contributed by atoms with Crippen LogP contribution in [0.25, 0.3) is 0 Å². The Morgan fingerprint density at radius 3 is 2.50 bits per heavy atom. The van der Waals surface area contributed by atoms with Crippen LogP contribution in [-0.4, -0.2) is 23.3 Å². The predicted octanol–water partition coefficient (Wildman–Crippen LogP) is 2.93. The molecule has 2 aromatic carbocycles. The number of carbonyl (C=O) groups is 2. The molecule has 0 saturated heterocycles. The minimum Gasteiger partial charge on any atom is -0.352 e. The Bertz CT molecular complexity index is 743. The van der Waals surface area contributed by atoms with Crippen molar-refractivity contribution in [3.8, 4) is 0 Å². The van der Waals surface area contributed by atoms with Gasteiger partial charge in [0.2, 0.25) is 11.8 Å². The zero-order valence-corrected chi connectivity index (χ0v) is 14.1. The van der Waals surface area contributed by atoms with E-state index in [1.807, 2.05) is 30.3 Å². The van der Waals surface area contributed by atoms with E-state index in [0.29, 0.717) is 24.7 Å². The smallest absolute Gasteiger partial charge is 0.232 e. The van der Waals surface area contributed by atoms with Crippen molar-refractivity contribution in [1.82, 2.24) is 10.2 Å². The van der Waals surface area contributed by atoms with Gasteiger partial charge in [-0.05, 0) is 35.2 Å². The number of nitrogens with one attached hydrogen (secondary N) is 1. The van der Waals surface area contributed by atoms with Crippen LogP contribution in [0.4, 0.5) is 0 Å². The van der Waals surface area contributed by atoms with Gasteiger partial charge in [-0.1, -0.05) is 48.0 Å². The molecule has 0 aliphatic carbocycles. The average molecular weight is 343 g/mol. The highest BCUT2D eigenvalue weighted by molar-refractivity contribution is 6.30. The third-order valence-electron chi connectivity index (χ3n) is 4.20. The molecule has 1 N–H and O–H groups in total. The van der Waals surface area contributed by atoms with Gasteiger partial charge in [0.05, 0.1) is 0 Å². The van der Waals surface area contributed by atoms with Crippen molar-refractivity contribution < 1.29 is 9.59 Å². The van der Waals surface area contributed by atoms with Crippen molar-refractivity contribution in [1.29, 1.82) is 0 Å². The number of nitrogens with zero attached hydrogens (tertiary/aromatic N) is 1. The van der Waals surface area contributed by atoms with Gasteiger partial charge < -0.3 is 10.2 Å². The largest absolute Gasteiger partial charge is 0.352 e. The number of benzene rings is 2. The van der Waals surface area contributed by atoms with Crippen LogP contribution in [0.3, 0.4) is 0 Å². The van der Waals surface area contributed by atoms with Gasteiger partial charge in [-0.25, -0.2) is 0 Å². The number of rotatable bonds is 4. The average Bonchev–Trinajstić information content (AvgIpc) is 2.61. The van der Waals surface area contributed by atoms with Crippen LogP contribution in [-0.2, 0) is 29.1 Å². The number of carbonyl (C=O) groups excluding carboxylic acids is 2. The second kappa shape index (κ2) is 7.49. The van der Waals surface area contributed by atoms with Gasteiger partial charge in [0.1, 0.15) is 6.42 Å². The van der Waals surface area contributed by atoms with E-state index in [1.165, 1.54) is 11.1 Å². The molecule has 0 spiro atoms. The number of hydrogen-bond donors (Lipinski definition) is 1. The first-order valence-corrected chi connectivity index (χ1v) is 8.35. The minimum atomic E-state index is -0.256. The second-order valence-electron chi connectivity index (χ2n) is 5.91. The summed E-state index contributed by atoms with van der Waals surface area (Å²) in [7, 11) is 0. The lowest BCUT2D eigenvalue weighted by Gasteiger charge is -2.28. The Labute approximate surface area is 146 Å². The van der Waals surface area contributed by atoms with Crippen molar-refractivity contribution in [2.75, 3.05) is 6.54 Å². The first-order valence-electron chi connectivity index (χ1n) is 7.97. The Balaban J connectivity index is 1.50. The summed E-state index contributed by atoms with van der Waals surface area (Å²) in [4.78, 5) is 26.1. The standard InChI is InChI=1S/C19H19ClN2O2/c20-17-7-5-14(6-8-17)12-21-18(23)11-19(24)22-10-9-15-3-1-2-4-16(15)13-22/h1-8H,9-13H2,(H,21,23). The van der Waals surface area contributed by atoms with E-state index in [0.717, 1.165) is 12.0 Å². The fourth-order valence-corrected chi connectivity index (χ4v) is 2.95. The maximum absolute atomic E-state index is 12.3. The SMILES string of the molecule is O=C(CC(=O)N1CCc2ccccc2C1)NCc1ccc(Cl)cc1. The van der Waals surface area contributed by atoms with E-state index >= 15 is 0 Å². The van der Waals surface area contributed by atoms with E-state index < -0.39 is 0 Å². The molecule has 24 heavy (non-hydrogen) atoms. The summed E-state index contributed by atoms with van der Waals surface area (Å²) < 4.78 is 0. The van der Waals surface area contributed by atoms with Crippen LogP contribution >= 0.6 is 11.6 Å². The lowest BCUT2D eigenvalue weighted by atomic mass is 10.00. The molecular weight excluding hydrogens is 324 g/mol. The van der Waals surface area contributed by atoms with E-state index in [1.54, 1.807) is 17.0 Å². The predicted molar refractivity (Wildman–Crippen MR) is 93.5 cm³/mol. The van der Waals surface area contributed by atoms with E-state index in [2.05, 4.69) is 11.4 Å².